The van der Waals surface area contributed by atoms with Crippen molar-refractivity contribution in [3.63, 3.8) is 0 Å². The van der Waals surface area contributed by atoms with Crippen LogP contribution in [-0.4, -0.2) is 36.5 Å². The fourth-order valence-electron chi connectivity index (χ4n) is 2.89. The van der Waals surface area contributed by atoms with Gasteiger partial charge in [0.25, 0.3) is 5.56 Å². The first kappa shape index (κ1) is 16.5. The molecular formula is C15H25BrN4O. The number of anilines is 1. The summed E-state index contributed by atoms with van der Waals surface area (Å²) in [4.78, 5) is 14.7. The van der Waals surface area contributed by atoms with Gasteiger partial charge in [0.05, 0.1) is 11.9 Å². The molecule has 1 aliphatic heterocycles. The summed E-state index contributed by atoms with van der Waals surface area (Å²) in [6.45, 7) is 7.82. The summed E-state index contributed by atoms with van der Waals surface area (Å²) < 4.78 is 2.19. The Morgan fingerprint density at radius 1 is 1.52 bits per heavy atom. The summed E-state index contributed by atoms with van der Waals surface area (Å²) >= 11 is 3.48. The van der Waals surface area contributed by atoms with Crippen molar-refractivity contribution in [2.45, 2.75) is 33.2 Å². The van der Waals surface area contributed by atoms with E-state index < -0.39 is 0 Å². The van der Waals surface area contributed by atoms with Gasteiger partial charge >= 0.3 is 0 Å². The molecule has 1 unspecified atom stereocenters. The highest BCUT2D eigenvalue weighted by Crippen LogP contribution is 2.26. The molecule has 0 aliphatic carbocycles. The summed E-state index contributed by atoms with van der Waals surface area (Å²) in [5, 5.41) is 7.59. The SMILES string of the molecule is CNCC1CCCN(c2cnn(CC(C)C)c(=O)c2Br)C1. The summed E-state index contributed by atoms with van der Waals surface area (Å²) in [6, 6.07) is 0. The Balaban J connectivity index is 2.20. The van der Waals surface area contributed by atoms with Gasteiger partial charge in [0.15, 0.2) is 0 Å². The van der Waals surface area contributed by atoms with Crippen LogP contribution in [0.25, 0.3) is 0 Å². The lowest BCUT2D eigenvalue weighted by Gasteiger charge is -2.34. The van der Waals surface area contributed by atoms with E-state index in [1.54, 1.807) is 4.68 Å². The van der Waals surface area contributed by atoms with E-state index in [2.05, 4.69) is 45.1 Å². The number of aromatic nitrogens is 2. The van der Waals surface area contributed by atoms with Gasteiger partial charge in [-0.05, 0) is 54.2 Å². The molecule has 1 atom stereocenters. The second-order valence-corrected chi connectivity index (χ2v) is 7.03. The maximum Gasteiger partial charge on any atom is 0.283 e. The predicted molar refractivity (Wildman–Crippen MR) is 89.9 cm³/mol. The molecule has 5 nitrogen and oxygen atoms in total. The number of nitrogens with zero attached hydrogens (tertiary/aromatic N) is 3. The van der Waals surface area contributed by atoms with Gasteiger partial charge in [-0.2, -0.15) is 5.10 Å². The quantitative estimate of drug-likeness (QED) is 0.877. The number of rotatable bonds is 5. The van der Waals surface area contributed by atoms with E-state index in [4.69, 9.17) is 0 Å². The first-order valence-corrected chi connectivity index (χ1v) is 8.47. The Bertz CT molecular complexity index is 527. The minimum Gasteiger partial charge on any atom is -0.369 e. The van der Waals surface area contributed by atoms with Crippen LogP contribution in [0, 0.1) is 11.8 Å². The number of hydrogen-bond acceptors (Lipinski definition) is 4. The zero-order chi connectivity index (χ0) is 15.4. The Morgan fingerprint density at radius 3 is 2.95 bits per heavy atom. The standard InChI is InChI=1S/C15H25BrN4O/c1-11(2)9-20-15(21)14(16)13(8-18-20)19-6-4-5-12(10-19)7-17-3/h8,11-12,17H,4-7,9-10H2,1-3H3. The normalized spacial score (nSPS) is 19.3. The molecule has 21 heavy (non-hydrogen) atoms. The largest absolute Gasteiger partial charge is 0.369 e. The number of nitrogens with one attached hydrogen (secondary N) is 1. The molecule has 1 fully saturated rings. The maximum absolute atomic E-state index is 12.4. The van der Waals surface area contributed by atoms with Crippen LogP contribution in [0.2, 0.25) is 0 Å². The molecular weight excluding hydrogens is 332 g/mol. The van der Waals surface area contributed by atoms with E-state index in [-0.39, 0.29) is 5.56 Å². The van der Waals surface area contributed by atoms with E-state index in [0.29, 0.717) is 22.9 Å². The van der Waals surface area contributed by atoms with Crippen LogP contribution in [-0.2, 0) is 6.54 Å². The third-order valence-corrected chi connectivity index (χ3v) is 4.60. The molecule has 0 spiro atoms. The fourth-order valence-corrected chi connectivity index (χ4v) is 3.45. The van der Waals surface area contributed by atoms with Gasteiger partial charge in [0.2, 0.25) is 0 Å². The highest BCUT2D eigenvalue weighted by Gasteiger charge is 2.22. The first-order valence-electron chi connectivity index (χ1n) is 7.68. The summed E-state index contributed by atoms with van der Waals surface area (Å²) in [6.07, 6.45) is 4.23. The highest BCUT2D eigenvalue weighted by molar-refractivity contribution is 9.10. The minimum absolute atomic E-state index is 0.0306. The third-order valence-electron chi connectivity index (χ3n) is 3.86. The van der Waals surface area contributed by atoms with E-state index in [9.17, 15) is 4.79 Å². The molecule has 1 aliphatic rings. The summed E-state index contributed by atoms with van der Waals surface area (Å²) in [7, 11) is 1.99. The van der Waals surface area contributed by atoms with Crippen molar-refractivity contribution in [3.8, 4) is 0 Å². The maximum atomic E-state index is 12.4. The molecule has 1 saturated heterocycles. The van der Waals surface area contributed by atoms with Crippen molar-refractivity contribution in [1.29, 1.82) is 0 Å². The van der Waals surface area contributed by atoms with Gasteiger partial charge in [-0.25, -0.2) is 4.68 Å². The molecule has 0 bridgehead atoms. The van der Waals surface area contributed by atoms with Gasteiger partial charge in [-0.15, -0.1) is 0 Å². The molecule has 0 radical (unpaired) electrons. The van der Waals surface area contributed by atoms with Crippen LogP contribution in [0.4, 0.5) is 5.69 Å². The Kier molecular flexibility index (Phi) is 5.81. The molecule has 1 N–H and O–H groups in total. The molecule has 118 valence electrons. The van der Waals surface area contributed by atoms with E-state index >= 15 is 0 Å². The zero-order valence-corrected chi connectivity index (χ0v) is 14.7. The topological polar surface area (TPSA) is 50.2 Å². The van der Waals surface area contributed by atoms with Crippen molar-refractivity contribution in [2.75, 3.05) is 31.6 Å². The molecule has 0 aromatic carbocycles. The Hall–Kier alpha value is -0.880. The first-order chi connectivity index (χ1) is 10.0. The molecule has 1 aromatic rings. The highest BCUT2D eigenvalue weighted by atomic mass is 79.9. The summed E-state index contributed by atoms with van der Waals surface area (Å²) in [5.74, 6) is 1.04. The average molecular weight is 357 g/mol. The predicted octanol–water partition coefficient (Wildman–Crippen LogP) is 2.10. The summed E-state index contributed by atoms with van der Waals surface area (Å²) in [5.41, 5.74) is 0.901. The van der Waals surface area contributed by atoms with E-state index in [1.165, 1.54) is 6.42 Å². The van der Waals surface area contributed by atoms with Gasteiger partial charge < -0.3 is 10.2 Å². The van der Waals surface area contributed by atoms with Crippen molar-refractivity contribution in [1.82, 2.24) is 15.1 Å². The van der Waals surface area contributed by atoms with Crippen molar-refractivity contribution >= 4 is 21.6 Å². The smallest absolute Gasteiger partial charge is 0.283 e. The fraction of sp³-hybridized carbons (Fsp3) is 0.733. The van der Waals surface area contributed by atoms with Crippen LogP contribution in [0.15, 0.2) is 15.5 Å². The van der Waals surface area contributed by atoms with Gasteiger partial charge in [-0.1, -0.05) is 13.8 Å². The number of halogens is 1. The van der Waals surface area contributed by atoms with Crippen LogP contribution < -0.4 is 15.8 Å². The average Bonchev–Trinajstić information content (AvgIpc) is 2.44. The van der Waals surface area contributed by atoms with Crippen LogP contribution >= 0.6 is 15.9 Å². The van der Waals surface area contributed by atoms with Gasteiger partial charge in [0, 0.05) is 19.6 Å². The number of piperidine rings is 1. The molecule has 2 rings (SSSR count). The van der Waals surface area contributed by atoms with Crippen LogP contribution in [0.5, 0.6) is 0 Å². The van der Waals surface area contributed by atoms with Gasteiger partial charge in [-0.3, -0.25) is 4.79 Å². The Morgan fingerprint density at radius 2 is 2.29 bits per heavy atom. The van der Waals surface area contributed by atoms with Crippen molar-refractivity contribution < 1.29 is 0 Å². The number of hydrogen-bond donors (Lipinski definition) is 1. The van der Waals surface area contributed by atoms with Gasteiger partial charge in [0.1, 0.15) is 4.47 Å². The molecule has 1 aromatic heterocycles. The second kappa shape index (κ2) is 7.40. The molecule has 6 heteroatoms. The lowest BCUT2D eigenvalue weighted by atomic mass is 9.98. The molecule has 0 amide bonds. The molecule has 2 heterocycles. The monoisotopic (exact) mass is 356 g/mol. The van der Waals surface area contributed by atoms with Crippen LogP contribution in [0.3, 0.4) is 0 Å². The minimum atomic E-state index is -0.0306. The lowest BCUT2D eigenvalue weighted by Crippen LogP contribution is -2.40. The molecule has 0 saturated carbocycles. The zero-order valence-electron chi connectivity index (χ0n) is 13.1. The van der Waals surface area contributed by atoms with Crippen molar-refractivity contribution in [2.24, 2.45) is 11.8 Å². The second-order valence-electron chi connectivity index (χ2n) is 6.24. The van der Waals surface area contributed by atoms with Crippen molar-refractivity contribution in [3.05, 3.63) is 21.0 Å². The van der Waals surface area contributed by atoms with E-state index in [0.717, 1.165) is 31.7 Å². The third kappa shape index (κ3) is 4.07. The Labute approximate surface area is 134 Å². The van der Waals surface area contributed by atoms with E-state index in [1.807, 2.05) is 13.2 Å². The van der Waals surface area contributed by atoms with Crippen LogP contribution in [0.1, 0.15) is 26.7 Å². The lowest BCUT2D eigenvalue weighted by molar-refractivity contribution is 0.401.